The van der Waals surface area contributed by atoms with Crippen LogP contribution in [0.15, 0.2) is 48.5 Å². The average Bonchev–Trinajstić information content (AvgIpc) is 2.37. The lowest BCUT2D eigenvalue weighted by molar-refractivity contribution is 0.0599. The molecular weight excluding hydrogens is 278 g/mol. The lowest BCUT2D eigenvalue weighted by Crippen LogP contribution is -2.33. The normalized spacial score (nSPS) is 11.0. The zero-order valence-corrected chi connectivity index (χ0v) is 13.0. The summed E-state index contributed by atoms with van der Waals surface area (Å²) < 4.78 is 5.49. The zero-order valence-electron chi connectivity index (χ0n) is 13.0. The summed E-state index contributed by atoms with van der Waals surface area (Å²) >= 11 is 0. The molecule has 2 aromatic carbocycles. The molecule has 4 N–H and O–H groups in total. The SMILES string of the molecule is CC(C)(C)OC(=O)N(c1cccc(N)c1)c1cccc(N)c1. The highest BCUT2D eigenvalue weighted by molar-refractivity contribution is 5.97. The fourth-order valence-corrected chi connectivity index (χ4v) is 2.00. The van der Waals surface area contributed by atoms with Crippen molar-refractivity contribution >= 4 is 28.8 Å². The number of carbonyl (C=O) groups excluding carboxylic acids is 1. The van der Waals surface area contributed by atoms with E-state index in [9.17, 15) is 4.79 Å². The molecule has 5 heteroatoms. The number of hydrogen-bond donors (Lipinski definition) is 2. The van der Waals surface area contributed by atoms with Gasteiger partial charge < -0.3 is 16.2 Å². The molecule has 2 rings (SSSR count). The van der Waals surface area contributed by atoms with Crippen molar-refractivity contribution in [3.8, 4) is 0 Å². The first-order valence-electron chi connectivity index (χ1n) is 7.00. The average molecular weight is 299 g/mol. The molecule has 0 aliphatic rings. The maximum Gasteiger partial charge on any atom is 0.419 e. The van der Waals surface area contributed by atoms with E-state index in [1.807, 2.05) is 20.8 Å². The number of amides is 1. The van der Waals surface area contributed by atoms with Crippen molar-refractivity contribution in [2.75, 3.05) is 16.4 Å². The molecule has 116 valence electrons. The Bertz CT molecular complexity index is 632. The summed E-state index contributed by atoms with van der Waals surface area (Å²) in [5.74, 6) is 0. The maximum atomic E-state index is 12.6. The molecule has 2 aromatic rings. The van der Waals surface area contributed by atoms with Gasteiger partial charge in [0.05, 0.1) is 11.4 Å². The second kappa shape index (κ2) is 5.97. The number of carbonyl (C=O) groups is 1. The van der Waals surface area contributed by atoms with Crippen LogP contribution in [0.25, 0.3) is 0 Å². The third-order valence-electron chi connectivity index (χ3n) is 2.83. The summed E-state index contributed by atoms with van der Waals surface area (Å²) in [7, 11) is 0. The first-order valence-corrected chi connectivity index (χ1v) is 7.00. The standard InChI is InChI=1S/C17H21N3O2/c1-17(2,3)22-16(21)20(14-8-4-6-12(18)10-14)15-9-5-7-13(19)11-15/h4-11H,18-19H2,1-3H3. The van der Waals surface area contributed by atoms with Crippen molar-refractivity contribution in [2.45, 2.75) is 26.4 Å². The van der Waals surface area contributed by atoms with Gasteiger partial charge in [-0.05, 0) is 57.2 Å². The van der Waals surface area contributed by atoms with Crippen LogP contribution in [-0.2, 0) is 4.74 Å². The highest BCUT2D eigenvalue weighted by Crippen LogP contribution is 2.30. The van der Waals surface area contributed by atoms with E-state index >= 15 is 0 Å². The predicted octanol–water partition coefficient (Wildman–Crippen LogP) is 3.92. The van der Waals surface area contributed by atoms with Gasteiger partial charge >= 0.3 is 6.09 Å². The van der Waals surface area contributed by atoms with Crippen molar-refractivity contribution in [3.63, 3.8) is 0 Å². The predicted molar refractivity (Wildman–Crippen MR) is 90.1 cm³/mol. The fourth-order valence-electron chi connectivity index (χ4n) is 2.00. The van der Waals surface area contributed by atoms with Crippen molar-refractivity contribution in [1.82, 2.24) is 0 Å². The minimum atomic E-state index is -0.601. The van der Waals surface area contributed by atoms with E-state index in [0.717, 1.165) is 0 Å². The van der Waals surface area contributed by atoms with Crippen LogP contribution in [0, 0.1) is 0 Å². The number of rotatable bonds is 2. The van der Waals surface area contributed by atoms with Crippen LogP contribution < -0.4 is 16.4 Å². The summed E-state index contributed by atoms with van der Waals surface area (Å²) in [6.45, 7) is 5.46. The second-order valence-electron chi connectivity index (χ2n) is 6.01. The molecule has 0 radical (unpaired) electrons. The summed E-state index contributed by atoms with van der Waals surface area (Å²) in [5, 5.41) is 0. The van der Waals surface area contributed by atoms with Crippen LogP contribution in [0.1, 0.15) is 20.8 Å². The van der Waals surface area contributed by atoms with Gasteiger partial charge in [-0.2, -0.15) is 0 Å². The molecule has 0 atom stereocenters. The lowest BCUT2D eigenvalue weighted by atomic mass is 10.2. The molecule has 0 saturated carbocycles. The Hall–Kier alpha value is -2.69. The number of nitrogens with zero attached hydrogens (tertiary/aromatic N) is 1. The van der Waals surface area contributed by atoms with Gasteiger partial charge in [-0.1, -0.05) is 12.1 Å². The third-order valence-corrected chi connectivity index (χ3v) is 2.83. The molecule has 0 heterocycles. The van der Waals surface area contributed by atoms with E-state index < -0.39 is 11.7 Å². The van der Waals surface area contributed by atoms with Crippen LogP contribution in [0.3, 0.4) is 0 Å². The first kappa shape index (κ1) is 15.7. The molecule has 0 aliphatic heterocycles. The molecule has 0 bridgehead atoms. The van der Waals surface area contributed by atoms with E-state index in [2.05, 4.69) is 0 Å². The monoisotopic (exact) mass is 299 g/mol. The van der Waals surface area contributed by atoms with Crippen molar-refractivity contribution in [1.29, 1.82) is 0 Å². The van der Waals surface area contributed by atoms with Gasteiger partial charge in [-0.15, -0.1) is 0 Å². The summed E-state index contributed by atoms with van der Waals surface area (Å²) in [6.07, 6.45) is -0.483. The van der Waals surface area contributed by atoms with Crippen molar-refractivity contribution in [3.05, 3.63) is 48.5 Å². The molecule has 5 nitrogen and oxygen atoms in total. The van der Waals surface area contributed by atoms with Gasteiger partial charge in [0, 0.05) is 11.4 Å². The van der Waals surface area contributed by atoms with Crippen LogP contribution in [0.4, 0.5) is 27.5 Å². The first-order chi connectivity index (χ1) is 10.3. The highest BCUT2D eigenvalue weighted by atomic mass is 16.6. The minimum absolute atomic E-state index is 0.483. The number of benzene rings is 2. The Balaban J connectivity index is 2.47. The van der Waals surface area contributed by atoms with Gasteiger partial charge in [0.15, 0.2) is 0 Å². The Kier molecular flexibility index (Phi) is 4.26. The molecule has 0 saturated heterocycles. The van der Waals surface area contributed by atoms with E-state index in [1.54, 1.807) is 48.5 Å². The number of nitrogens with two attached hydrogens (primary N) is 2. The van der Waals surface area contributed by atoms with Gasteiger partial charge in [0.25, 0.3) is 0 Å². The number of anilines is 4. The van der Waals surface area contributed by atoms with Gasteiger partial charge in [0.1, 0.15) is 5.60 Å². The second-order valence-corrected chi connectivity index (χ2v) is 6.01. The fraction of sp³-hybridized carbons (Fsp3) is 0.235. The van der Waals surface area contributed by atoms with Crippen LogP contribution in [0.5, 0.6) is 0 Å². The van der Waals surface area contributed by atoms with Crippen molar-refractivity contribution in [2.24, 2.45) is 0 Å². The Morgan fingerprint density at radius 2 is 1.41 bits per heavy atom. The van der Waals surface area contributed by atoms with Crippen LogP contribution >= 0.6 is 0 Å². The molecular formula is C17H21N3O2. The number of nitrogen functional groups attached to an aromatic ring is 2. The van der Waals surface area contributed by atoms with E-state index in [0.29, 0.717) is 22.7 Å². The van der Waals surface area contributed by atoms with E-state index in [-0.39, 0.29) is 0 Å². The molecule has 1 amide bonds. The quantitative estimate of drug-likeness (QED) is 0.823. The molecule has 0 fully saturated rings. The lowest BCUT2D eigenvalue weighted by Gasteiger charge is -2.27. The van der Waals surface area contributed by atoms with Gasteiger partial charge in [0.2, 0.25) is 0 Å². The van der Waals surface area contributed by atoms with E-state index in [4.69, 9.17) is 16.2 Å². The smallest absolute Gasteiger partial charge is 0.419 e. The van der Waals surface area contributed by atoms with Crippen molar-refractivity contribution < 1.29 is 9.53 Å². The molecule has 0 spiro atoms. The topological polar surface area (TPSA) is 81.6 Å². The molecule has 22 heavy (non-hydrogen) atoms. The number of ether oxygens (including phenoxy) is 1. The number of hydrogen-bond acceptors (Lipinski definition) is 4. The minimum Gasteiger partial charge on any atom is -0.443 e. The largest absolute Gasteiger partial charge is 0.443 e. The van der Waals surface area contributed by atoms with Gasteiger partial charge in [-0.25, -0.2) is 9.69 Å². The van der Waals surface area contributed by atoms with Gasteiger partial charge in [-0.3, -0.25) is 0 Å². The summed E-state index contributed by atoms with van der Waals surface area (Å²) in [6, 6.07) is 14.1. The Labute approximate surface area is 130 Å². The molecule has 0 unspecified atom stereocenters. The zero-order chi connectivity index (χ0) is 16.3. The molecule has 0 aromatic heterocycles. The van der Waals surface area contributed by atoms with Crippen LogP contribution in [-0.4, -0.2) is 11.7 Å². The Morgan fingerprint density at radius 1 is 0.955 bits per heavy atom. The third kappa shape index (κ3) is 3.91. The summed E-state index contributed by atoms with van der Waals surface area (Å²) in [4.78, 5) is 14.1. The summed E-state index contributed by atoms with van der Waals surface area (Å²) in [5.41, 5.74) is 13.4. The highest BCUT2D eigenvalue weighted by Gasteiger charge is 2.25. The Morgan fingerprint density at radius 3 is 1.77 bits per heavy atom. The van der Waals surface area contributed by atoms with Crippen LogP contribution in [0.2, 0.25) is 0 Å². The van der Waals surface area contributed by atoms with E-state index in [1.165, 1.54) is 4.90 Å². The maximum absolute atomic E-state index is 12.6. The molecule has 0 aliphatic carbocycles.